The highest BCUT2D eigenvalue weighted by molar-refractivity contribution is 7.98. The lowest BCUT2D eigenvalue weighted by Gasteiger charge is -2.07. The van der Waals surface area contributed by atoms with Crippen molar-refractivity contribution < 1.29 is 9.53 Å². The molecule has 0 unspecified atom stereocenters. The van der Waals surface area contributed by atoms with Gasteiger partial charge in [-0.15, -0.1) is 10.2 Å². The molecule has 1 N–H and O–H groups in total. The van der Waals surface area contributed by atoms with Crippen LogP contribution in [0.25, 0.3) is 10.9 Å². The van der Waals surface area contributed by atoms with Crippen LogP contribution in [0.3, 0.4) is 0 Å². The van der Waals surface area contributed by atoms with Crippen LogP contribution >= 0.6 is 11.8 Å². The molecule has 0 fully saturated rings. The van der Waals surface area contributed by atoms with Gasteiger partial charge in [-0.1, -0.05) is 18.7 Å². The molecule has 3 aromatic rings. The van der Waals surface area contributed by atoms with E-state index in [0.717, 1.165) is 29.5 Å². The van der Waals surface area contributed by atoms with Crippen molar-refractivity contribution in [3.63, 3.8) is 0 Å². The number of pyridine rings is 1. The molecule has 2 heterocycles. The van der Waals surface area contributed by atoms with Gasteiger partial charge in [-0.2, -0.15) is 0 Å². The number of aromatic nitrogens is 4. The van der Waals surface area contributed by atoms with E-state index in [1.54, 1.807) is 31.2 Å². The minimum Gasteiger partial charge on any atom is -0.462 e. The largest absolute Gasteiger partial charge is 0.462 e. The normalized spacial score (nSPS) is 11.1. The highest BCUT2D eigenvalue weighted by Gasteiger charge is 2.12. The van der Waals surface area contributed by atoms with Crippen molar-refractivity contribution in [3.05, 3.63) is 51.6 Å². The van der Waals surface area contributed by atoms with Crippen molar-refractivity contribution >= 4 is 28.6 Å². The first-order valence-corrected chi connectivity index (χ1v) is 9.86. The lowest BCUT2D eigenvalue weighted by molar-refractivity contribution is 0.0526. The summed E-state index contributed by atoms with van der Waals surface area (Å²) in [5, 5.41) is 9.71. The van der Waals surface area contributed by atoms with Gasteiger partial charge in [0.05, 0.1) is 12.2 Å². The molecule has 2 aromatic heterocycles. The predicted molar refractivity (Wildman–Crippen MR) is 105 cm³/mol. The van der Waals surface area contributed by atoms with E-state index in [-0.39, 0.29) is 5.43 Å². The molecule has 3 rings (SSSR count). The minimum absolute atomic E-state index is 0.130. The topological polar surface area (TPSA) is 89.9 Å². The highest BCUT2D eigenvalue weighted by Crippen LogP contribution is 2.21. The van der Waals surface area contributed by atoms with Gasteiger partial charge >= 0.3 is 5.97 Å². The Morgan fingerprint density at radius 3 is 2.81 bits per heavy atom. The maximum absolute atomic E-state index is 12.5. The smallest absolute Gasteiger partial charge is 0.338 e. The number of nitrogens with one attached hydrogen (secondary N) is 1. The standard InChI is InChI=1S/C19H22N4O3S/c1-4-6-17-21-22-19(23(17)3)27-11-13-10-16(24)14-9-12(18(25)26-5-2)7-8-15(14)20-13/h7-10H,4-6,11H2,1-3H3,(H,20,24). The Hall–Kier alpha value is -2.61. The monoisotopic (exact) mass is 386 g/mol. The fourth-order valence-electron chi connectivity index (χ4n) is 2.78. The zero-order valence-electron chi connectivity index (χ0n) is 15.6. The van der Waals surface area contributed by atoms with E-state index < -0.39 is 5.97 Å². The number of hydrogen-bond acceptors (Lipinski definition) is 6. The molecular formula is C19H22N4O3S. The molecular weight excluding hydrogens is 364 g/mol. The van der Waals surface area contributed by atoms with Gasteiger partial charge in [-0.05, 0) is 31.5 Å². The van der Waals surface area contributed by atoms with Crippen molar-refractivity contribution in [1.29, 1.82) is 0 Å². The summed E-state index contributed by atoms with van der Waals surface area (Å²) in [6.07, 6.45) is 1.90. The predicted octanol–water partition coefficient (Wildman–Crippen LogP) is 3.08. The zero-order valence-corrected chi connectivity index (χ0v) is 16.4. The molecule has 0 spiro atoms. The van der Waals surface area contributed by atoms with Crippen molar-refractivity contribution in [3.8, 4) is 0 Å². The number of fused-ring (bicyclic) bond motifs is 1. The number of ether oxygens (including phenoxy) is 1. The van der Waals surface area contributed by atoms with Crippen molar-refractivity contribution in [1.82, 2.24) is 19.7 Å². The highest BCUT2D eigenvalue weighted by atomic mass is 32.2. The first kappa shape index (κ1) is 19.2. The van der Waals surface area contributed by atoms with E-state index in [0.29, 0.717) is 28.8 Å². The number of esters is 1. The average Bonchev–Trinajstić information content (AvgIpc) is 3.00. The van der Waals surface area contributed by atoms with Crippen molar-refractivity contribution in [2.45, 2.75) is 37.6 Å². The second kappa shape index (κ2) is 8.39. The number of benzene rings is 1. The Balaban J connectivity index is 1.81. The number of H-pyrrole nitrogens is 1. The number of nitrogens with zero attached hydrogens (tertiary/aromatic N) is 3. The van der Waals surface area contributed by atoms with E-state index in [1.807, 2.05) is 11.6 Å². The first-order valence-electron chi connectivity index (χ1n) is 8.87. The number of carbonyl (C=O) groups is 1. The molecule has 0 aliphatic carbocycles. The molecule has 0 amide bonds. The third kappa shape index (κ3) is 4.21. The summed E-state index contributed by atoms with van der Waals surface area (Å²) < 4.78 is 6.97. The summed E-state index contributed by atoms with van der Waals surface area (Å²) in [6, 6.07) is 6.53. The van der Waals surface area contributed by atoms with Gasteiger partial charge in [-0.25, -0.2) is 4.79 Å². The molecule has 0 saturated carbocycles. The van der Waals surface area contributed by atoms with Gasteiger partial charge in [-0.3, -0.25) is 4.79 Å². The van der Waals surface area contributed by atoms with Crippen LogP contribution in [0.15, 0.2) is 34.2 Å². The first-order chi connectivity index (χ1) is 13.0. The minimum atomic E-state index is -0.427. The lowest BCUT2D eigenvalue weighted by atomic mass is 10.1. The van der Waals surface area contributed by atoms with Crippen LogP contribution in [-0.4, -0.2) is 32.3 Å². The molecule has 0 aliphatic heterocycles. The summed E-state index contributed by atoms with van der Waals surface area (Å²) >= 11 is 1.52. The molecule has 0 atom stereocenters. The number of thioether (sulfide) groups is 1. The third-order valence-corrected chi connectivity index (χ3v) is 5.22. The summed E-state index contributed by atoms with van der Waals surface area (Å²) in [5.74, 6) is 1.10. The van der Waals surface area contributed by atoms with E-state index in [2.05, 4.69) is 22.1 Å². The summed E-state index contributed by atoms with van der Waals surface area (Å²) in [6.45, 7) is 4.15. The summed E-state index contributed by atoms with van der Waals surface area (Å²) in [5.41, 5.74) is 1.73. The number of hydrogen-bond donors (Lipinski definition) is 1. The number of aryl methyl sites for hydroxylation is 1. The Morgan fingerprint density at radius 2 is 2.07 bits per heavy atom. The Bertz CT molecular complexity index is 1030. The maximum atomic E-state index is 12.5. The van der Waals surface area contributed by atoms with Crippen molar-refractivity contribution in [2.24, 2.45) is 7.05 Å². The van der Waals surface area contributed by atoms with E-state index in [9.17, 15) is 9.59 Å². The summed E-state index contributed by atoms with van der Waals surface area (Å²) in [4.78, 5) is 27.6. The second-order valence-corrected chi connectivity index (χ2v) is 7.08. The van der Waals surface area contributed by atoms with Crippen LogP contribution in [0.5, 0.6) is 0 Å². The van der Waals surface area contributed by atoms with Crippen LogP contribution in [0.2, 0.25) is 0 Å². The maximum Gasteiger partial charge on any atom is 0.338 e. The third-order valence-electron chi connectivity index (χ3n) is 4.15. The average molecular weight is 386 g/mol. The van der Waals surface area contributed by atoms with Crippen LogP contribution < -0.4 is 5.43 Å². The molecule has 0 bridgehead atoms. The van der Waals surface area contributed by atoms with E-state index >= 15 is 0 Å². The van der Waals surface area contributed by atoms with Gasteiger partial charge in [0.25, 0.3) is 0 Å². The molecule has 0 radical (unpaired) electrons. The van der Waals surface area contributed by atoms with Crippen LogP contribution in [-0.2, 0) is 24.0 Å². The van der Waals surface area contributed by atoms with Gasteiger partial charge in [0.1, 0.15) is 5.82 Å². The Morgan fingerprint density at radius 1 is 1.26 bits per heavy atom. The molecule has 0 aliphatic rings. The molecule has 0 saturated heterocycles. The molecule has 7 nitrogen and oxygen atoms in total. The quantitative estimate of drug-likeness (QED) is 0.496. The fourth-order valence-corrected chi connectivity index (χ4v) is 3.61. The molecule has 8 heteroatoms. The van der Waals surface area contributed by atoms with Crippen LogP contribution in [0.4, 0.5) is 0 Å². The van der Waals surface area contributed by atoms with Gasteiger partial charge < -0.3 is 14.3 Å². The zero-order chi connectivity index (χ0) is 19.4. The molecule has 142 valence electrons. The molecule has 27 heavy (non-hydrogen) atoms. The van der Waals surface area contributed by atoms with E-state index in [1.165, 1.54) is 11.8 Å². The van der Waals surface area contributed by atoms with Gasteiger partial charge in [0.2, 0.25) is 0 Å². The van der Waals surface area contributed by atoms with Crippen molar-refractivity contribution in [2.75, 3.05) is 6.61 Å². The van der Waals surface area contributed by atoms with Crippen LogP contribution in [0, 0.1) is 0 Å². The van der Waals surface area contributed by atoms with Crippen LogP contribution in [0.1, 0.15) is 42.1 Å². The Labute approximate surface area is 161 Å². The fraction of sp³-hybridized carbons (Fsp3) is 0.368. The Kier molecular flexibility index (Phi) is 5.95. The number of carbonyl (C=O) groups excluding carboxylic acids is 1. The number of rotatable bonds is 7. The molecule has 1 aromatic carbocycles. The lowest BCUT2D eigenvalue weighted by Crippen LogP contribution is -2.08. The number of aromatic amines is 1. The summed E-state index contributed by atoms with van der Waals surface area (Å²) in [7, 11) is 1.95. The second-order valence-electron chi connectivity index (χ2n) is 6.14. The van der Waals surface area contributed by atoms with Gasteiger partial charge in [0, 0.05) is 41.9 Å². The SMILES string of the molecule is CCCc1nnc(SCc2cc(=O)c3cc(C(=O)OCC)ccc3[nH]2)n1C. The van der Waals surface area contributed by atoms with E-state index in [4.69, 9.17) is 4.74 Å². The van der Waals surface area contributed by atoms with Gasteiger partial charge in [0.15, 0.2) is 10.6 Å².